The second-order valence-corrected chi connectivity index (χ2v) is 9.64. The van der Waals surface area contributed by atoms with Crippen LogP contribution in [-0.4, -0.2) is 19.7 Å². The van der Waals surface area contributed by atoms with Gasteiger partial charge < -0.3 is 0 Å². The first-order chi connectivity index (χ1) is 12.9. The summed E-state index contributed by atoms with van der Waals surface area (Å²) in [6.07, 6.45) is 0.405. The lowest BCUT2D eigenvalue weighted by atomic mass is 9.59. The lowest BCUT2D eigenvalue weighted by Gasteiger charge is -2.48. The van der Waals surface area contributed by atoms with E-state index in [1.807, 2.05) is 4.72 Å². The van der Waals surface area contributed by atoms with Crippen LogP contribution in [0.4, 0.5) is 17.6 Å². The van der Waals surface area contributed by atoms with Gasteiger partial charge in [-0.05, 0) is 60.7 Å². The molecule has 1 saturated carbocycles. The van der Waals surface area contributed by atoms with Crippen molar-refractivity contribution in [2.75, 3.05) is 0 Å². The maximum Gasteiger partial charge on any atom is 0.356 e. The molecule has 0 bridgehead atoms. The molecule has 0 heterocycles. The quantitative estimate of drug-likeness (QED) is 0.663. The number of benzene rings is 2. The molecule has 152 valence electrons. The van der Waals surface area contributed by atoms with Gasteiger partial charge in [-0.15, -0.1) is 0 Å². The maximum atomic E-state index is 14.5. The van der Waals surface area contributed by atoms with Gasteiger partial charge in [0.2, 0.25) is 0 Å². The monoisotopic (exact) mass is 435 g/mol. The largest absolute Gasteiger partial charge is 0.356 e. The normalized spacial score (nSPS) is 22.7. The highest BCUT2D eigenvalue weighted by atomic mass is 35.5. The van der Waals surface area contributed by atoms with Crippen LogP contribution in [0.3, 0.4) is 0 Å². The van der Waals surface area contributed by atoms with Gasteiger partial charge in [0.1, 0.15) is 11.6 Å². The summed E-state index contributed by atoms with van der Waals surface area (Å²) >= 11 is 5.87. The molecule has 0 radical (unpaired) electrons. The van der Waals surface area contributed by atoms with Gasteiger partial charge in [-0.25, -0.2) is 21.9 Å². The van der Waals surface area contributed by atoms with Crippen molar-refractivity contribution in [3.05, 3.63) is 70.2 Å². The van der Waals surface area contributed by atoms with Gasteiger partial charge in [0.25, 0.3) is 10.0 Å². The van der Waals surface area contributed by atoms with Crippen molar-refractivity contribution in [1.29, 1.82) is 0 Å². The van der Waals surface area contributed by atoms with E-state index in [1.54, 1.807) is 24.3 Å². The second-order valence-electron chi connectivity index (χ2n) is 7.24. The molecule has 2 aromatic carbocycles. The molecule has 0 spiro atoms. The molecule has 2 aromatic rings. The molecule has 9 heteroatoms. The zero-order chi connectivity index (χ0) is 20.7. The van der Waals surface area contributed by atoms with Crippen molar-refractivity contribution < 1.29 is 26.0 Å². The van der Waals surface area contributed by atoms with Crippen LogP contribution in [0, 0.1) is 11.6 Å². The molecule has 28 heavy (non-hydrogen) atoms. The van der Waals surface area contributed by atoms with E-state index < -0.39 is 38.4 Å². The molecule has 0 atom stereocenters. The van der Waals surface area contributed by atoms with Crippen molar-refractivity contribution in [2.24, 2.45) is 0 Å². The Hall–Kier alpha value is -1.64. The number of rotatable bonds is 6. The smallest absolute Gasteiger partial charge is 0.207 e. The zero-order valence-corrected chi connectivity index (χ0v) is 16.4. The van der Waals surface area contributed by atoms with E-state index in [0.29, 0.717) is 11.9 Å². The average molecular weight is 436 g/mol. The van der Waals surface area contributed by atoms with E-state index in [1.165, 1.54) is 0 Å². The van der Waals surface area contributed by atoms with Crippen LogP contribution < -0.4 is 4.72 Å². The molecule has 1 aliphatic carbocycles. The molecule has 3 rings (SSSR count). The minimum atomic E-state index is -4.86. The van der Waals surface area contributed by atoms with Gasteiger partial charge in [-0.1, -0.05) is 23.7 Å². The van der Waals surface area contributed by atoms with E-state index in [4.69, 9.17) is 11.6 Å². The molecular weight excluding hydrogens is 418 g/mol. The van der Waals surface area contributed by atoms with E-state index in [-0.39, 0.29) is 24.8 Å². The molecule has 1 N–H and O–H groups in total. The molecular formula is C19H18ClF4NO2S. The Morgan fingerprint density at radius 2 is 1.75 bits per heavy atom. The highest BCUT2D eigenvalue weighted by molar-refractivity contribution is 7.90. The SMILES string of the molecule is CC(F)(F)S(=O)(=O)NC1CC(Cc2ccc(Cl)cc2)(c2cc(F)ccc2F)C1. The third-order valence-electron chi connectivity index (χ3n) is 5.02. The predicted molar refractivity (Wildman–Crippen MR) is 98.9 cm³/mol. The lowest BCUT2D eigenvalue weighted by Crippen LogP contribution is -2.56. The summed E-state index contributed by atoms with van der Waals surface area (Å²) in [6, 6.07) is 9.05. The Bertz CT molecular complexity index is 968. The number of hydrogen-bond donors (Lipinski definition) is 1. The number of nitrogens with one attached hydrogen (secondary N) is 1. The molecule has 1 fully saturated rings. The Morgan fingerprint density at radius 1 is 1.14 bits per heavy atom. The summed E-state index contributed by atoms with van der Waals surface area (Å²) in [5.74, 6) is -1.26. The molecule has 0 aliphatic heterocycles. The Balaban J connectivity index is 1.90. The van der Waals surface area contributed by atoms with Gasteiger partial charge in [0.15, 0.2) is 0 Å². The summed E-state index contributed by atoms with van der Waals surface area (Å²) < 4.78 is 80.1. The second kappa shape index (κ2) is 7.31. The lowest BCUT2D eigenvalue weighted by molar-refractivity contribution is 0.107. The van der Waals surface area contributed by atoms with Gasteiger partial charge in [-0.3, -0.25) is 0 Å². The third kappa shape index (κ3) is 4.18. The molecule has 3 nitrogen and oxygen atoms in total. The van der Waals surface area contributed by atoms with E-state index in [0.717, 1.165) is 23.8 Å². The van der Waals surface area contributed by atoms with E-state index >= 15 is 0 Å². The Labute approximate surface area is 165 Å². The fourth-order valence-electron chi connectivity index (χ4n) is 3.65. The highest BCUT2D eigenvalue weighted by Gasteiger charge is 2.50. The first-order valence-electron chi connectivity index (χ1n) is 8.52. The van der Waals surface area contributed by atoms with Crippen molar-refractivity contribution in [1.82, 2.24) is 4.72 Å². The van der Waals surface area contributed by atoms with Gasteiger partial charge in [-0.2, -0.15) is 8.78 Å². The van der Waals surface area contributed by atoms with Crippen LogP contribution in [0.1, 0.15) is 30.9 Å². The van der Waals surface area contributed by atoms with Crippen molar-refractivity contribution >= 4 is 21.6 Å². The number of alkyl halides is 2. The van der Waals surface area contributed by atoms with Gasteiger partial charge in [0, 0.05) is 23.4 Å². The summed E-state index contributed by atoms with van der Waals surface area (Å²) in [5, 5.41) is -3.43. The van der Waals surface area contributed by atoms with Crippen molar-refractivity contribution in [3.8, 4) is 0 Å². The van der Waals surface area contributed by atoms with Crippen LogP contribution in [0.5, 0.6) is 0 Å². The predicted octanol–water partition coefficient (Wildman–Crippen LogP) is 4.79. The van der Waals surface area contributed by atoms with Crippen LogP contribution in [0.25, 0.3) is 0 Å². The summed E-state index contributed by atoms with van der Waals surface area (Å²) in [4.78, 5) is 0. The molecule has 0 aromatic heterocycles. The standard InChI is InChI=1S/C19H18ClF4NO2S/c1-18(23,24)28(26,27)25-15-10-19(11-15,9-12-2-4-13(20)5-3-12)16-8-14(21)6-7-17(16)22/h2-8,15,25H,9-11H2,1H3. The van der Waals surface area contributed by atoms with Crippen molar-refractivity contribution in [3.63, 3.8) is 0 Å². The van der Waals surface area contributed by atoms with Crippen LogP contribution in [-0.2, 0) is 21.9 Å². The van der Waals surface area contributed by atoms with Gasteiger partial charge >= 0.3 is 5.25 Å². The summed E-state index contributed by atoms with van der Waals surface area (Å²) in [5.41, 5.74) is -0.0349. The topological polar surface area (TPSA) is 46.2 Å². The number of sulfonamides is 1. The fourth-order valence-corrected chi connectivity index (χ4v) is 4.58. The first kappa shape index (κ1) is 21.1. The fraction of sp³-hybridized carbons (Fsp3) is 0.368. The molecule has 1 aliphatic rings. The van der Waals surface area contributed by atoms with Crippen LogP contribution >= 0.6 is 11.6 Å². The van der Waals surface area contributed by atoms with E-state index in [2.05, 4.69) is 0 Å². The molecule has 0 amide bonds. The minimum Gasteiger partial charge on any atom is -0.207 e. The molecule has 0 unspecified atom stereocenters. The first-order valence-corrected chi connectivity index (χ1v) is 10.4. The Morgan fingerprint density at radius 3 is 2.32 bits per heavy atom. The third-order valence-corrected chi connectivity index (χ3v) is 6.86. The van der Waals surface area contributed by atoms with Gasteiger partial charge in [0.05, 0.1) is 0 Å². The summed E-state index contributed by atoms with van der Waals surface area (Å²) in [7, 11) is -4.86. The van der Waals surface area contributed by atoms with Crippen LogP contribution in [0.15, 0.2) is 42.5 Å². The molecule has 0 saturated heterocycles. The Kier molecular flexibility index (Phi) is 5.51. The minimum absolute atomic E-state index is 0.0608. The summed E-state index contributed by atoms with van der Waals surface area (Å²) in [6.45, 7) is 0.293. The number of hydrogen-bond acceptors (Lipinski definition) is 2. The average Bonchev–Trinajstić information content (AvgIpc) is 2.55. The van der Waals surface area contributed by atoms with E-state index in [9.17, 15) is 26.0 Å². The zero-order valence-electron chi connectivity index (χ0n) is 14.9. The number of halogens is 5. The maximum absolute atomic E-state index is 14.5. The van der Waals surface area contributed by atoms with Crippen LogP contribution in [0.2, 0.25) is 5.02 Å². The highest BCUT2D eigenvalue weighted by Crippen LogP contribution is 2.48. The van der Waals surface area contributed by atoms with Crippen molar-refractivity contribution in [2.45, 2.75) is 42.9 Å².